The van der Waals surface area contributed by atoms with E-state index in [1.165, 1.54) is 11.9 Å². The third kappa shape index (κ3) is 7.40. The molecule has 0 radical (unpaired) electrons. The molecule has 1 N–H and O–H groups in total. The van der Waals surface area contributed by atoms with Crippen LogP contribution in [0, 0.1) is 11.6 Å². The smallest absolute Gasteiger partial charge is 0.242 e. The van der Waals surface area contributed by atoms with E-state index in [2.05, 4.69) is 5.32 Å². The molecule has 0 saturated heterocycles. The number of nitrogens with zero attached hydrogens (tertiary/aromatic N) is 2. The molecule has 11 heteroatoms. The number of nitrogens with one attached hydrogen (secondary N) is 1. The lowest BCUT2D eigenvalue weighted by Gasteiger charge is -2.29. The molecule has 0 heterocycles. The van der Waals surface area contributed by atoms with Crippen LogP contribution in [0.2, 0.25) is 5.02 Å². The molecule has 0 spiro atoms. The van der Waals surface area contributed by atoms with Crippen LogP contribution in [0.1, 0.15) is 25.3 Å². The van der Waals surface area contributed by atoms with E-state index in [9.17, 15) is 26.8 Å². The van der Waals surface area contributed by atoms with Gasteiger partial charge in [-0.25, -0.2) is 17.2 Å². The van der Waals surface area contributed by atoms with Gasteiger partial charge in [0.1, 0.15) is 6.04 Å². The monoisotopic (exact) mass is 501 g/mol. The third-order valence-corrected chi connectivity index (χ3v) is 6.47. The van der Waals surface area contributed by atoms with Crippen LogP contribution in [0.25, 0.3) is 0 Å². The van der Waals surface area contributed by atoms with Crippen molar-refractivity contribution in [2.45, 2.75) is 32.4 Å². The number of carbonyl (C=O) groups excluding carboxylic acids is 2. The average Bonchev–Trinajstić information content (AvgIpc) is 2.76. The molecule has 1 atom stereocenters. The second kappa shape index (κ2) is 11.4. The van der Waals surface area contributed by atoms with Crippen molar-refractivity contribution in [1.29, 1.82) is 0 Å². The molecule has 2 aromatic rings. The maximum Gasteiger partial charge on any atom is 0.242 e. The number of sulfonamides is 1. The summed E-state index contributed by atoms with van der Waals surface area (Å²) in [5.41, 5.74) is 0.726. The van der Waals surface area contributed by atoms with Crippen LogP contribution >= 0.6 is 11.6 Å². The fourth-order valence-electron chi connectivity index (χ4n) is 3.22. The van der Waals surface area contributed by atoms with E-state index < -0.39 is 27.7 Å². The van der Waals surface area contributed by atoms with Crippen LogP contribution in [-0.2, 0) is 26.2 Å². The van der Waals surface area contributed by atoms with Gasteiger partial charge >= 0.3 is 0 Å². The average molecular weight is 502 g/mol. The van der Waals surface area contributed by atoms with Gasteiger partial charge in [0.15, 0.2) is 11.6 Å². The predicted molar refractivity (Wildman–Crippen MR) is 123 cm³/mol. The first-order chi connectivity index (χ1) is 15.4. The molecule has 0 aliphatic heterocycles. The molecular weight excluding hydrogens is 476 g/mol. The highest BCUT2D eigenvalue weighted by Gasteiger charge is 2.26. The van der Waals surface area contributed by atoms with Crippen LogP contribution in [0.3, 0.4) is 0 Å². The Hall–Kier alpha value is -2.72. The number of anilines is 1. The number of rotatable bonds is 10. The van der Waals surface area contributed by atoms with E-state index in [-0.39, 0.29) is 43.4 Å². The van der Waals surface area contributed by atoms with Gasteiger partial charge in [-0.15, -0.1) is 0 Å². The number of hydrogen-bond acceptors (Lipinski definition) is 4. The van der Waals surface area contributed by atoms with Crippen molar-refractivity contribution in [3.05, 3.63) is 64.7 Å². The summed E-state index contributed by atoms with van der Waals surface area (Å²) in [5.74, 6) is -2.98. The molecule has 0 aliphatic carbocycles. The maximum atomic E-state index is 13.6. The highest BCUT2D eigenvalue weighted by molar-refractivity contribution is 7.92. The molecule has 180 valence electrons. The Kier molecular flexibility index (Phi) is 9.18. The van der Waals surface area contributed by atoms with Crippen LogP contribution in [-0.4, -0.2) is 51.0 Å². The fraction of sp³-hybridized carbons (Fsp3) is 0.364. The molecular formula is C22H26ClF2N3O4S. The number of carbonyl (C=O) groups is 2. The van der Waals surface area contributed by atoms with E-state index in [1.54, 1.807) is 31.2 Å². The lowest BCUT2D eigenvalue weighted by molar-refractivity contribution is -0.140. The van der Waals surface area contributed by atoms with Gasteiger partial charge < -0.3 is 10.2 Å². The number of hydrogen-bond donors (Lipinski definition) is 1. The second-order valence-corrected chi connectivity index (χ2v) is 9.82. The standard InChI is InChI=1S/C22H26ClF2N3O4S/c1-15(22(30)26-2)27(14-16-6-8-17(23)9-7-16)21(29)5-4-12-28(33(3,31)32)18-10-11-19(24)20(25)13-18/h6-11,13,15H,4-5,12,14H2,1-3H3,(H,26,30)/t15-/m0/s1. The first-order valence-electron chi connectivity index (χ1n) is 10.1. The van der Waals surface area contributed by atoms with Crippen molar-refractivity contribution in [1.82, 2.24) is 10.2 Å². The van der Waals surface area contributed by atoms with Crippen molar-refractivity contribution in [3.63, 3.8) is 0 Å². The highest BCUT2D eigenvalue weighted by Crippen LogP contribution is 2.22. The van der Waals surface area contributed by atoms with Crippen molar-refractivity contribution in [3.8, 4) is 0 Å². The molecule has 0 aromatic heterocycles. The van der Waals surface area contributed by atoms with Gasteiger partial charge in [-0.1, -0.05) is 23.7 Å². The number of amides is 2. The molecule has 7 nitrogen and oxygen atoms in total. The second-order valence-electron chi connectivity index (χ2n) is 7.48. The van der Waals surface area contributed by atoms with Crippen molar-refractivity contribution >= 4 is 39.1 Å². The van der Waals surface area contributed by atoms with Gasteiger partial charge in [0.05, 0.1) is 11.9 Å². The van der Waals surface area contributed by atoms with Crippen LogP contribution in [0.5, 0.6) is 0 Å². The molecule has 0 bridgehead atoms. The van der Waals surface area contributed by atoms with Gasteiger partial charge in [-0.05, 0) is 43.2 Å². The van der Waals surface area contributed by atoms with Crippen LogP contribution < -0.4 is 9.62 Å². The van der Waals surface area contributed by atoms with Gasteiger partial charge in [0.25, 0.3) is 0 Å². The van der Waals surface area contributed by atoms with E-state index >= 15 is 0 Å². The van der Waals surface area contributed by atoms with Gasteiger partial charge in [0.2, 0.25) is 21.8 Å². The van der Waals surface area contributed by atoms with E-state index in [1.807, 2.05) is 0 Å². The van der Waals surface area contributed by atoms with Crippen molar-refractivity contribution in [2.75, 3.05) is 24.2 Å². The van der Waals surface area contributed by atoms with E-state index in [0.717, 1.165) is 34.3 Å². The Bertz CT molecular complexity index is 1100. The summed E-state index contributed by atoms with van der Waals surface area (Å²) >= 11 is 5.91. The first kappa shape index (κ1) is 26.5. The SMILES string of the molecule is CNC(=O)[C@H](C)N(Cc1ccc(Cl)cc1)C(=O)CCCN(c1ccc(F)c(F)c1)S(C)(=O)=O. The summed E-state index contributed by atoms with van der Waals surface area (Å²) in [6.07, 6.45) is 0.976. The molecule has 2 rings (SSSR count). The molecule has 2 aromatic carbocycles. The minimum atomic E-state index is -3.81. The topological polar surface area (TPSA) is 86.8 Å². The molecule has 0 fully saturated rings. The molecule has 0 aliphatic rings. The lowest BCUT2D eigenvalue weighted by Crippen LogP contribution is -2.46. The quantitative estimate of drug-likeness (QED) is 0.541. The largest absolute Gasteiger partial charge is 0.357 e. The zero-order chi connectivity index (χ0) is 24.8. The Morgan fingerprint density at radius 3 is 2.27 bits per heavy atom. The van der Waals surface area contributed by atoms with Crippen LogP contribution in [0.4, 0.5) is 14.5 Å². The molecule has 2 amide bonds. The van der Waals surface area contributed by atoms with Gasteiger partial charge in [-0.3, -0.25) is 13.9 Å². The zero-order valence-corrected chi connectivity index (χ0v) is 20.1. The summed E-state index contributed by atoms with van der Waals surface area (Å²) in [6.45, 7) is 1.62. The first-order valence-corrected chi connectivity index (χ1v) is 12.3. The summed E-state index contributed by atoms with van der Waals surface area (Å²) in [6, 6.07) is 8.86. The van der Waals surface area contributed by atoms with Crippen molar-refractivity contribution in [2.24, 2.45) is 0 Å². The molecule has 0 unspecified atom stereocenters. The molecule has 0 saturated carbocycles. The Morgan fingerprint density at radius 1 is 1.09 bits per heavy atom. The van der Waals surface area contributed by atoms with E-state index in [4.69, 9.17) is 11.6 Å². The number of likely N-dealkylation sites (N-methyl/N-ethyl adjacent to an activating group) is 1. The van der Waals surface area contributed by atoms with Gasteiger partial charge in [0, 0.05) is 37.6 Å². The summed E-state index contributed by atoms with van der Waals surface area (Å²) < 4.78 is 52.2. The lowest BCUT2D eigenvalue weighted by atomic mass is 10.1. The maximum absolute atomic E-state index is 13.6. The number of benzene rings is 2. The Labute approximate surface area is 197 Å². The van der Waals surface area contributed by atoms with Gasteiger partial charge in [-0.2, -0.15) is 0 Å². The minimum Gasteiger partial charge on any atom is -0.357 e. The number of halogens is 3. The van der Waals surface area contributed by atoms with Crippen LogP contribution in [0.15, 0.2) is 42.5 Å². The zero-order valence-electron chi connectivity index (χ0n) is 18.5. The summed E-state index contributed by atoms with van der Waals surface area (Å²) in [4.78, 5) is 26.6. The van der Waals surface area contributed by atoms with E-state index in [0.29, 0.717) is 5.02 Å². The summed E-state index contributed by atoms with van der Waals surface area (Å²) in [5, 5.41) is 3.05. The fourth-order valence-corrected chi connectivity index (χ4v) is 4.31. The Morgan fingerprint density at radius 2 is 1.73 bits per heavy atom. The Balaban J connectivity index is 2.15. The summed E-state index contributed by atoms with van der Waals surface area (Å²) in [7, 11) is -2.34. The minimum absolute atomic E-state index is 0.0411. The third-order valence-electron chi connectivity index (χ3n) is 5.02. The normalized spacial score (nSPS) is 12.2. The van der Waals surface area contributed by atoms with Crippen molar-refractivity contribution < 1.29 is 26.8 Å². The predicted octanol–water partition coefficient (Wildman–Crippen LogP) is 3.33. The molecule has 33 heavy (non-hydrogen) atoms. The highest BCUT2D eigenvalue weighted by atomic mass is 35.5.